The Morgan fingerprint density at radius 3 is 1.95 bits per heavy atom. The van der Waals surface area contributed by atoms with Gasteiger partial charge in [-0.1, -0.05) is 11.6 Å². The zero-order valence-electron chi connectivity index (χ0n) is 21.5. The fourth-order valence-electron chi connectivity index (χ4n) is 4.13. The van der Waals surface area contributed by atoms with Crippen LogP contribution in [0.15, 0.2) is 91.4 Å². The van der Waals surface area contributed by atoms with Crippen LogP contribution in [0.25, 0.3) is 28.1 Å². The van der Waals surface area contributed by atoms with E-state index in [1.165, 1.54) is 18.2 Å². The molecule has 2 heterocycles. The second kappa shape index (κ2) is 11.3. The number of phenolic OH excluding ortho intramolecular Hbond substituents is 1. The molecule has 0 aliphatic heterocycles. The van der Waals surface area contributed by atoms with Gasteiger partial charge in [-0.25, -0.2) is 9.48 Å². The Labute approximate surface area is 244 Å². The molecule has 5 aromatic rings. The van der Waals surface area contributed by atoms with Gasteiger partial charge in [0.2, 0.25) is 0 Å². The van der Waals surface area contributed by atoms with Gasteiger partial charge in [-0.2, -0.15) is 31.4 Å². The number of hydrogen-bond donors (Lipinski definition) is 3. The van der Waals surface area contributed by atoms with Crippen LogP contribution >= 0.6 is 11.6 Å². The largest absolute Gasteiger partial charge is 0.506 e. The van der Waals surface area contributed by atoms with Gasteiger partial charge in [-0.05, 0) is 78.4 Å². The van der Waals surface area contributed by atoms with Gasteiger partial charge >= 0.3 is 18.4 Å². The fraction of sp³-hybridized carbons (Fsp3) is 0.0690. The molecule has 0 saturated carbocycles. The minimum atomic E-state index is -5.05. The van der Waals surface area contributed by atoms with Crippen molar-refractivity contribution in [1.82, 2.24) is 14.8 Å². The molecule has 0 bridgehead atoms. The van der Waals surface area contributed by atoms with Gasteiger partial charge in [0, 0.05) is 41.1 Å². The number of hydrogen-bond acceptors (Lipinski definition) is 4. The van der Waals surface area contributed by atoms with Crippen molar-refractivity contribution in [3.05, 3.63) is 108 Å². The molecule has 0 unspecified atom stereocenters. The van der Waals surface area contributed by atoms with E-state index in [4.69, 9.17) is 11.6 Å². The first-order valence-electron chi connectivity index (χ1n) is 12.2. The van der Waals surface area contributed by atoms with Gasteiger partial charge in [0.15, 0.2) is 0 Å². The first-order chi connectivity index (χ1) is 20.3. The number of urea groups is 1. The fourth-order valence-corrected chi connectivity index (χ4v) is 4.31. The Bertz CT molecular complexity index is 1760. The molecule has 3 N–H and O–H groups in total. The summed E-state index contributed by atoms with van der Waals surface area (Å²) in [5.74, 6) is -0.0868. The third-order valence-corrected chi connectivity index (χ3v) is 6.46. The number of halogens is 7. The molecular formula is C29H18ClF6N5O2. The summed E-state index contributed by atoms with van der Waals surface area (Å²) in [5, 5.41) is 19.0. The molecule has 0 fully saturated rings. The molecule has 43 heavy (non-hydrogen) atoms. The predicted octanol–water partition coefficient (Wildman–Crippen LogP) is 8.64. The van der Waals surface area contributed by atoms with E-state index in [1.807, 2.05) is 5.32 Å². The topological polar surface area (TPSA) is 92.1 Å². The highest BCUT2D eigenvalue weighted by atomic mass is 35.5. The van der Waals surface area contributed by atoms with Crippen LogP contribution in [0.1, 0.15) is 11.1 Å². The Morgan fingerprint density at radius 1 is 0.767 bits per heavy atom. The summed E-state index contributed by atoms with van der Waals surface area (Å²) >= 11 is 6.12. The Kier molecular flexibility index (Phi) is 7.76. The number of phenols is 1. The molecule has 14 heteroatoms. The zero-order valence-corrected chi connectivity index (χ0v) is 22.3. The van der Waals surface area contributed by atoms with E-state index in [1.54, 1.807) is 59.7 Å². The molecule has 3 aromatic carbocycles. The zero-order chi connectivity index (χ0) is 30.9. The Balaban J connectivity index is 1.38. The van der Waals surface area contributed by atoms with Crippen molar-refractivity contribution < 1.29 is 36.2 Å². The van der Waals surface area contributed by atoms with Crippen LogP contribution in [-0.4, -0.2) is 25.9 Å². The third-order valence-electron chi connectivity index (χ3n) is 6.16. The van der Waals surface area contributed by atoms with Crippen LogP contribution in [0, 0.1) is 0 Å². The van der Waals surface area contributed by atoms with E-state index < -0.39 is 35.2 Å². The predicted molar refractivity (Wildman–Crippen MR) is 148 cm³/mol. The lowest BCUT2D eigenvalue weighted by molar-refractivity contribution is -0.143. The molecule has 0 aliphatic carbocycles. The number of pyridine rings is 1. The number of carbonyl (C=O) groups is 1. The molecule has 0 spiro atoms. The van der Waals surface area contributed by atoms with Crippen molar-refractivity contribution in [3.63, 3.8) is 0 Å². The van der Waals surface area contributed by atoms with E-state index in [0.717, 1.165) is 11.1 Å². The summed E-state index contributed by atoms with van der Waals surface area (Å²) < 4.78 is 80.3. The Morgan fingerprint density at radius 2 is 1.37 bits per heavy atom. The molecule has 220 valence electrons. The average molecular weight is 618 g/mol. The summed E-state index contributed by atoms with van der Waals surface area (Å²) in [5.41, 5.74) is -0.313. The van der Waals surface area contributed by atoms with Crippen LogP contribution < -0.4 is 10.6 Å². The third kappa shape index (κ3) is 6.72. The summed E-state index contributed by atoms with van der Waals surface area (Å²) in [4.78, 5) is 16.5. The first kappa shape index (κ1) is 29.5. The van der Waals surface area contributed by atoms with E-state index in [-0.39, 0.29) is 22.5 Å². The number of benzene rings is 3. The molecule has 0 aliphatic rings. The number of aromatic nitrogens is 3. The summed E-state index contributed by atoms with van der Waals surface area (Å²) in [6, 6.07) is 14.2. The van der Waals surface area contributed by atoms with Crippen molar-refractivity contribution in [1.29, 1.82) is 0 Å². The van der Waals surface area contributed by atoms with Crippen molar-refractivity contribution >= 4 is 29.0 Å². The second-order valence-electron chi connectivity index (χ2n) is 9.16. The maximum atomic E-state index is 13.1. The number of carbonyl (C=O) groups excluding carboxylic acids is 1. The van der Waals surface area contributed by atoms with E-state index in [0.29, 0.717) is 29.1 Å². The molecule has 5 rings (SSSR count). The van der Waals surface area contributed by atoms with Gasteiger partial charge in [0.05, 0.1) is 21.8 Å². The van der Waals surface area contributed by atoms with Crippen LogP contribution in [0.4, 0.5) is 42.5 Å². The molecule has 2 aromatic heterocycles. The lowest BCUT2D eigenvalue weighted by Crippen LogP contribution is -2.20. The van der Waals surface area contributed by atoms with E-state index in [2.05, 4.69) is 15.4 Å². The standard InChI is InChI=1S/C29H18ClF6N5O2/c30-24-11-17(1-6-25(24)42)26-23(16-7-9-37-10-8-16)15-41(40-26)22-4-2-20(3-5-22)38-27(43)39-21-13-18(28(31,32)33)12-19(14-21)29(34,35)36/h1-15,42H,(H2,38,39,43). The molecule has 0 saturated heterocycles. The van der Waals surface area contributed by atoms with Gasteiger partial charge in [-0.15, -0.1) is 0 Å². The normalized spacial score (nSPS) is 11.8. The lowest BCUT2D eigenvalue weighted by atomic mass is 10.0. The molecular weight excluding hydrogens is 600 g/mol. The second-order valence-corrected chi connectivity index (χ2v) is 9.57. The number of anilines is 2. The summed E-state index contributed by atoms with van der Waals surface area (Å²) in [7, 11) is 0. The van der Waals surface area contributed by atoms with Gasteiger partial charge in [0.1, 0.15) is 11.4 Å². The Hall–Kier alpha value is -5.04. The maximum Gasteiger partial charge on any atom is 0.416 e. The molecule has 0 atom stereocenters. The van der Waals surface area contributed by atoms with Gasteiger partial charge in [0.25, 0.3) is 0 Å². The number of amides is 2. The van der Waals surface area contributed by atoms with Crippen molar-refractivity contribution in [2.75, 3.05) is 10.6 Å². The van der Waals surface area contributed by atoms with Crippen LogP contribution in [0.5, 0.6) is 5.75 Å². The smallest absolute Gasteiger partial charge is 0.416 e. The highest BCUT2D eigenvalue weighted by Crippen LogP contribution is 2.38. The first-order valence-corrected chi connectivity index (χ1v) is 12.6. The number of nitrogens with one attached hydrogen (secondary N) is 2. The number of alkyl halides is 6. The SMILES string of the molecule is O=C(Nc1ccc(-n2cc(-c3ccncc3)c(-c3ccc(O)c(Cl)c3)n2)cc1)Nc1cc(C(F)(F)F)cc(C(F)(F)F)c1. The highest BCUT2D eigenvalue weighted by molar-refractivity contribution is 6.32. The van der Waals surface area contributed by atoms with Crippen LogP contribution in [-0.2, 0) is 12.4 Å². The van der Waals surface area contributed by atoms with Crippen LogP contribution in [0.2, 0.25) is 5.02 Å². The van der Waals surface area contributed by atoms with Crippen molar-refractivity contribution in [3.8, 4) is 33.8 Å². The summed E-state index contributed by atoms with van der Waals surface area (Å²) in [6.07, 6.45) is -5.11. The van der Waals surface area contributed by atoms with Crippen molar-refractivity contribution in [2.24, 2.45) is 0 Å². The molecule has 0 radical (unpaired) electrons. The number of rotatable bonds is 5. The molecule has 7 nitrogen and oxygen atoms in total. The van der Waals surface area contributed by atoms with Gasteiger partial charge in [-0.3, -0.25) is 4.98 Å². The minimum absolute atomic E-state index is 0.0289. The lowest BCUT2D eigenvalue weighted by Gasteiger charge is -2.15. The number of aromatic hydroxyl groups is 1. The van der Waals surface area contributed by atoms with Crippen molar-refractivity contribution in [2.45, 2.75) is 12.4 Å². The summed E-state index contributed by atoms with van der Waals surface area (Å²) in [6.45, 7) is 0. The quantitative estimate of drug-likeness (QED) is 0.172. The monoisotopic (exact) mass is 617 g/mol. The average Bonchev–Trinajstić information content (AvgIpc) is 3.40. The van der Waals surface area contributed by atoms with Gasteiger partial charge < -0.3 is 15.7 Å². The van der Waals surface area contributed by atoms with E-state index >= 15 is 0 Å². The van der Waals surface area contributed by atoms with E-state index in [9.17, 15) is 36.2 Å². The minimum Gasteiger partial charge on any atom is -0.506 e. The molecule has 2 amide bonds. The number of nitrogens with zero attached hydrogens (tertiary/aromatic N) is 3. The van der Waals surface area contributed by atoms with Crippen LogP contribution in [0.3, 0.4) is 0 Å². The highest BCUT2D eigenvalue weighted by Gasteiger charge is 2.37. The maximum absolute atomic E-state index is 13.1.